The van der Waals surface area contributed by atoms with Crippen molar-refractivity contribution >= 4 is 15.7 Å². The number of nitrogens with zero attached hydrogens (tertiary/aromatic N) is 3. The van der Waals surface area contributed by atoms with Crippen molar-refractivity contribution in [2.45, 2.75) is 4.90 Å². The first-order valence-corrected chi connectivity index (χ1v) is 6.93. The van der Waals surface area contributed by atoms with Gasteiger partial charge in [0.25, 0.3) is 5.91 Å². The Hall–Kier alpha value is -2.05. The van der Waals surface area contributed by atoms with Crippen LogP contribution in [0.25, 0.3) is 10.4 Å². The third kappa shape index (κ3) is 4.08. The Kier molecular flexibility index (Phi) is 4.70. The minimum atomic E-state index is -3.26. The molecule has 1 N–H and O–H groups in total. The quantitative estimate of drug-likeness (QED) is 0.374. The summed E-state index contributed by atoms with van der Waals surface area (Å²) in [7, 11) is -3.26. The Balaban J connectivity index is 2.68. The van der Waals surface area contributed by atoms with E-state index in [4.69, 9.17) is 5.53 Å². The van der Waals surface area contributed by atoms with Crippen molar-refractivity contribution in [1.82, 2.24) is 5.32 Å². The fraction of sp³-hybridized carbons (Fsp3) is 0.300. The minimum absolute atomic E-state index is 0.160. The number of sulfone groups is 1. The second-order valence-corrected chi connectivity index (χ2v) is 5.52. The van der Waals surface area contributed by atoms with Crippen LogP contribution in [-0.4, -0.2) is 33.7 Å². The van der Waals surface area contributed by atoms with Crippen LogP contribution in [0.15, 0.2) is 34.3 Å². The van der Waals surface area contributed by atoms with Crippen LogP contribution < -0.4 is 5.32 Å². The summed E-state index contributed by atoms with van der Waals surface area (Å²) in [5, 5.41) is 5.81. The van der Waals surface area contributed by atoms with Gasteiger partial charge >= 0.3 is 0 Å². The van der Waals surface area contributed by atoms with Crippen molar-refractivity contribution in [3.05, 3.63) is 40.3 Å². The van der Waals surface area contributed by atoms with Gasteiger partial charge in [-0.25, -0.2) is 8.42 Å². The zero-order valence-electron chi connectivity index (χ0n) is 9.70. The second kappa shape index (κ2) is 6.04. The van der Waals surface area contributed by atoms with Gasteiger partial charge in [0.15, 0.2) is 9.84 Å². The predicted octanol–water partition coefficient (Wildman–Crippen LogP) is 1.13. The number of amides is 1. The Labute approximate surface area is 104 Å². The van der Waals surface area contributed by atoms with Crippen LogP contribution in [0.1, 0.15) is 10.4 Å². The number of benzene rings is 1. The first-order valence-electron chi connectivity index (χ1n) is 5.04. The van der Waals surface area contributed by atoms with Crippen LogP contribution in [0, 0.1) is 0 Å². The van der Waals surface area contributed by atoms with E-state index in [1.807, 2.05) is 0 Å². The third-order valence-electron chi connectivity index (χ3n) is 2.11. The topological polar surface area (TPSA) is 112 Å². The van der Waals surface area contributed by atoms with Gasteiger partial charge in [0.1, 0.15) is 0 Å². The summed E-state index contributed by atoms with van der Waals surface area (Å²) in [6.07, 6.45) is 1.10. The van der Waals surface area contributed by atoms with Gasteiger partial charge in [-0.2, -0.15) is 0 Å². The average molecular weight is 268 g/mol. The normalized spacial score (nSPS) is 10.5. The molecule has 1 aromatic carbocycles. The number of azide groups is 1. The molecule has 0 saturated carbocycles. The molecular formula is C10H12N4O3S. The van der Waals surface area contributed by atoms with E-state index >= 15 is 0 Å². The van der Waals surface area contributed by atoms with Crippen LogP contribution in [-0.2, 0) is 9.84 Å². The molecule has 0 saturated heterocycles. The van der Waals surface area contributed by atoms with Crippen molar-refractivity contribution in [2.24, 2.45) is 5.11 Å². The number of carbonyl (C=O) groups is 1. The molecule has 0 radical (unpaired) electrons. The lowest BCUT2D eigenvalue weighted by Crippen LogP contribution is -2.25. The molecule has 0 bridgehead atoms. The highest BCUT2D eigenvalue weighted by atomic mass is 32.2. The minimum Gasteiger partial charge on any atom is -0.352 e. The van der Waals surface area contributed by atoms with Gasteiger partial charge in [-0.15, -0.1) is 0 Å². The number of hydrogen-bond donors (Lipinski definition) is 1. The summed E-state index contributed by atoms with van der Waals surface area (Å²) < 4.78 is 22.4. The number of hydrogen-bond acceptors (Lipinski definition) is 4. The van der Waals surface area contributed by atoms with Gasteiger partial charge in [-0.1, -0.05) is 5.11 Å². The van der Waals surface area contributed by atoms with Gasteiger partial charge in [0.2, 0.25) is 0 Å². The van der Waals surface area contributed by atoms with Gasteiger partial charge in [0, 0.05) is 29.8 Å². The number of rotatable bonds is 5. The number of carbonyl (C=O) groups excluding carboxylic acids is 1. The van der Waals surface area contributed by atoms with E-state index in [-0.39, 0.29) is 23.9 Å². The van der Waals surface area contributed by atoms with Crippen LogP contribution in [0.3, 0.4) is 0 Å². The smallest absolute Gasteiger partial charge is 0.251 e. The summed E-state index contributed by atoms with van der Waals surface area (Å²) in [6.45, 7) is 0.403. The molecule has 7 nitrogen and oxygen atoms in total. The average Bonchev–Trinajstić information content (AvgIpc) is 2.33. The molecule has 96 valence electrons. The molecule has 0 unspecified atom stereocenters. The van der Waals surface area contributed by atoms with Crippen LogP contribution in [0.2, 0.25) is 0 Å². The van der Waals surface area contributed by atoms with Crippen LogP contribution >= 0.6 is 0 Å². The molecule has 0 aromatic heterocycles. The maximum Gasteiger partial charge on any atom is 0.251 e. The van der Waals surface area contributed by atoms with Gasteiger partial charge in [0.05, 0.1) is 4.90 Å². The molecule has 8 heteroatoms. The van der Waals surface area contributed by atoms with E-state index in [9.17, 15) is 13.2 Å². The molecule has 1 aromatic rings. The third-order valence-corrected chi connectivity index (χ3v) is 3.23. The summed E-state index contributed by atoms with van der Waals surface area (Å²) >= 11 is 0. The molecule has 0 fully saturated rings. The van der Waals surface area contributed by atoms with E-state index in [0.717, 1.165) is 6.26 Å². The largest absolute Gasteiger partial charge is 0.352 e. The van der Waals surface area contributed by atoms with Crippen LogP contribution in [0.5, 0.6) is 0 Å². The van der Waals surface area contributed by atoms with Crippen molar-refractivity contribution in [2.75, 3.05) is 19.3 Å². The van der Waals surface area contributed by atoms with E-state index in [0.29, 0.717) is 5.56 Å². The lowest BCUT2D eigenvalue weighted by Gasteiger charge is -2.04. The second-order valence-electron chi connectivity index (χ2n) is 3.51. The molecule has 0 heterocycles. The van der Waals surface area contributed by atoms with E-state index in [2.05, 4.69) is 15.3 Å². The van der Waals surface area contributed by atoms with Crippen molar-refractivity contribution in [3.8, 4) is 0 Å². The summed E-state index contributed by atoms with van der Waals surface area (Å²) in [5.41, 5.74) is 8.39. The molecule has 0 spiro atoms. The predicted molar refractivity (Wildman–Crippen MR) is 65.9 cm³/mol. The van der Waals surface area contributed by atoms with Crippen molar-refractivity contribution < 1.29 is 13.2 Å². The highest BCUT2D eigenvalue weighted by Crippen LogP contribution is 2.10. The van der Waals surface area contributed by atoms with Crippen molar-refractivity contribution in [1.29, 1.82) is 0 Å². The summed E-state index contributed by atoms with van der Waals surface area (Å²) in [6, 6.07) is 5.61. The van der Waals surface area contributed by atoms with Gasteiger partial charge < -0.3 is 5.32 Å². The fourth-order valence-corrected chi connectivity index (χ4v) is 1.85. The van der Waals surface area contributed by atoms with Gasteiger partial charge in [-0.05, 0) is 29.8 Å². The lowest BCUT2D eigenvalue weighted by molar-refractivity contribution is 0.0954. The first-order chi connectivity index (χ1) is 8.45. The first kappa shape index (κ1) is 14.0. The summed E-state index contributed by atoms with van der Waals surface area (Å²) in [5.74, 6) is -0.344. The summed E-state index contributed by atoms with van der Waals surface area (Å²) in [4.78, 5) is 14.3. The Morgan fingerprint density at radius 1 is 1.39 bits per heavy atom. The molecule has 18 heavy (non-hydrogen) atoms. The number of nitrogens with one attached hydrogen (secondary N) is 1. The highest BCUT2D eigenvalue weighted by molar-refractivity contribution is 7.90. The molecule has 0 aliphatic heterocycles. The Morgan fingerprint density at radius 2 is 2.00 bits per heavy atom. The van der Waals surface area contributed by atoms with E-state index < -0.39 is 9.84 Å². The maximum atomic E-state index is 11.6. The van der Waals surface area contributed by atoms with E-state index in [1.165, 1.54) is 24.3 Å². The molecular weight excluding hydrogens is 256 g/mol. The standard InChI is InChI=1S/C10H12N4O3S/c1-18(16,17)9-4-2-8(3-5-9)10(15)12-6-7-13-14-11/h2-5H,6-7H2,1H3,(H,12,15). The van der Waals surface area contributed by atoms with Crippen LogP contribution in [0.4, 0.5) is 0 Å². The lowest BCUT2D eigenvalue weighted by atomic mass is 10.2. The molecule has 1 rings (SSSR count). The highest BCUT2D eigenvalue weighted by Gasteiger charge is 2.09. The Bertz CT molecular complexity index is 574. The van der Waals surface area contributed by atoms with Gasteiger partial charge in [-0.3, -0.25) is 4.79 Å². The monoisotopic (exact) mass is 268 g/mol. The van der Waals surface area contributed by atoms with Crippen molar-refractivity contribution in [3.63, 3.8) is 0 Å². The zero-order chi connectivity index (χ0) is 13.6. The van der Waals surface area contributed by atoms with E-state index in [1.54, 1.807) is 0 Å². The fourth-order valence-electron chi connectivity index (χ4n) is 1.22. The molecule has 1 amide bonds. The molecule has 0 atom stereocenters. The SMILES string of the molecule is CS(=O)(=O)c1ccc(C(=O)NCCN=[N+]=[N-])cc1. The Morgan fingerprint density at radius 3 is 2.50 bits per heavy atom. The zero-order valence-corrected chi connectivity index (χ0v) is 10.5. The molecule has 0 aliphatic carbocycles. The molecule has 0 aliphatic rings. The maximum absolute atomic E-state index is 11.6.